The van der Waals surface area contributed by atoms with E-state index in [1.807, 2.05) is 0 Å². The van der Waals surface area contributed by atoms with Gasteiger partial charge in [-0.3, -0.25) is 0 Å². The molecule has 5 nitrogen and oxygen atoms in total. The van der Waals surface area contributed by atoms with Gasteiger partial charge in [-0.15, -0.1) is 0 Å². The lowest BCUT2D eigenvalue weighted by Crippen LogP contribution is -2.49. The van der Waals surface area contributed by atoms with E-state index in [4.69, 9.17) is 0 Å². The maximum atomic E-state index is 11.8. The van der Waals surface area contributed by atoms with Crippen LogP contribution in [0.4, 0.5) is 4.79 Å². The van der Waals surface area contributed by atoms with Gasteiger partial charge in [0.15, 0.2) is 9.84 Å². The minimum atomic E-state index is -3.16. The molecule has 1 saturated heterocycles. The minimum absolute atomic E-state index is 0.151. The molecule has 0 aromatic heterocycles. The second-order valence-electron chi connectivity index (χ2n) is 5.24. The lowest BCUT2D eigenvalue weighted by Gasteiger charge is -2.29. The van der Waals surface area contributed by atoms with Crippen molar-refractivity contribution in [3.63, 3.8) is 0 Å². The average Bonchev–Trinajstić information content (AvgIpc) is 2.25. The third kappa shape index (κ3) is 3.87. The van der Waals surface area contributed by atoms with Crippen LogP contribution < -0.4 is 5.32 Å². The molecule has 1 fully saturated rings. The van der Waals surface area contributed by atoms with Crippen LogP contribution in [0.25, 0.3) is 0 Å². The summed E-state index contributed by atoms with van der Waals surface area (Å²) in [6.45, 7) is 4.94. The molecule has 1 aliphatic rings. The zero-order valence-corrected chi connectivity index (χ0v) is 11.6. The fourth-order valence-corrected chi connectivity index (χ4v) is 1.96. The molecule has 100 valence electrons. The number of carbonyl (C=O) groups is 1. The molecule has 0 unspecified atom stereocenters. The third-order valence-corrected chi connectivity index (χ3v) is 5.46. The van der Waals surface area contributed by atoms with Crippen molar-refractivity contribution in [1.82, 2.24) is 10.2 Å². The zero-order chi connectivity index (χ0) is 13.1. The maximum Gasteiger partial charge on any atom is 0.317 e. The van der Waals surface area contributed by atoms with Gasteiger partial charge in [-0.1, -0.05) is 0 Å². The van der Waals surface area contributed by atoms with Crippen molar-refractivity contribution in [1.29, 1.82) is 0 Å². The first-order valence-electron chi connectivity index (χ1n) is 5.96. The van der Waals surface area contributed by atoms with Gasteiger partial charge >= 0.3 is 6.03 Å². The fourth-order valence-electron chi connectivity index (χ4n) is 1.63. The Kier molecular flexibility index (Phi) is 4.41. The van der Waals surface area contributed by atoms with Gasteiger partial charge in [0.2, 0.25) is 0 Å². The first-order chi connectivity index (χ1) is 7.74. The predicted octanol–water partition coefficient (Wildman–Crippen LogP) is 1.01. The van der Waals surface area contributed by atoms with Crippen LogP contribution in [0.3, 0.4) is 0 Å². The van der Waals surface area contributed by atoms with Crippen LogP contribution in [0, 0.1) is 0 Å². The number of nitrogens with zero attached hydrogens (tertiary/aromatic N) is 1. The van der Waals surface area contributed by atoms with E-state index in [0.717, 1.165) is 25.9 Å². The monoisotopic (exact) mass is 262 g/mol. The second kappa shape index (κ2) is 5.25. The largest absolute Gasteiger partial charge is 0.336 e. The second-order valence-corrected chi connectivity index (χ2v) is 7.89. The summed E-state index contributed by atoms with van der Waals surface area (Å²) in [5, 5.41) is 2.71. The average molecular weight is 262 g/mol. The lowest BCUT2D eigenvalue weighted by atomic mass is 10.1. The molecular formula is C11H22N2O3S. The van der Waals surface area contributed by atoms with E-state index in [-0.39, 0.29) is 12.6 Å². The van der Waals surface area contributed by atoms with Crippen molar-refractivity contribution in [2.75, 3.05) is 25.9 Å². The summed E-state index contributed by atoms with van der Waals surface area (Å²) in [7, 11) is -3.16. The molecule has 0 radical (unpaired) electrons. The molecule has 0 aromatic carbocycles. The summed E-state index contributed by atoms with van der Waals surface area (Å²) in [5.41, 5.74) is 0. The molecule has 17 heavy (non-hydrogen) atoms. The molecule has 0 saturated carbocycles. The Morgan fingerprint density at radius 3 is 2.24 bits per heavy atom. The smallest absolute Gasteiger partial charge is 0.317 e. The van der Waals surface area contributed by atoms with Gasteiger partial charge in [0.25, 0.3) is 0 Å². The van der Waals surface area contributed by atoms with E-state index in [1.165, 1.54) is 12.7 Å². The standard InChI is InChI=1S/C11H22N2O3S/c1-11(2,17(3,15)16)9-12-10(14)13-7-5-4-6-8-13/h4-9H2,1-3H3,(H,12,14). The Morgan fingerprint density at radius 2 is 1.76 bits per heavy atom. The van der Waals surface area contributed by atoms with Crippen LogP contribution in [0.1, 0.15) is 33.1 Å². The van der Waals surface area contributed by atoms with Crippen LogP contribution >= 0.6 is 0 Å². The summed E-state index contributed by atoms with van der Waals surface area (Å²) >= 11 is 0. The van der Waals surface area contributed by atoms with Crippen molar-refractivity contribution in [3.8, 4) is 0 Å². The molecular weight excluding hydrogens is 240 g/mol. The van der Waals surface area contributed by atoms with Crippen molar-refractivity contribution >= 4 is 15.9 Å². The van der Waals surface area contributed by atoms with Gasteiger partial charge in [-0.2, -0.15) is 0 Å². The number of hydrogen-bond donors (Lipinski definition) is 1. The highest BCUT2D eigenvalue weighted by Gasteiger charge is 2.31. The Labute approximate surface area is 103 Å². The van der Waals surface area contributed by atoms with E-state index < -0.39 is 14.6 Å². The molecule has 6 heteroatoms. The summed E-state index contributed by atoms with van der Waals surface area (Å²) in [4.78, 5) is 13.5. The SMILES string of the molecule is CC(C)(CNC(=O)N1CCCCC1)S(C)(=O)=O. The normalized spacial score (nSPS) is 17.9. The Hall–Kier alpha value is -0.780. The number of amides is 2. The van der Waals surface area contributed by atoms with Gasteiger partial charge < -0.3 is 10.2 Å². The summed E-state index contributed by atoms with van der Waals surface area (Å²) < 4.78 is 22.0. The van der Waals surface area contributed by atoms with E-state index in [0.29, 0.717) is 0 Å². The van der Waals surface area contributed by atoms with Crippen LogP contribution in [-0.2, 0) is 9.84 Å². The maximum absolute atomic E-state index is 11.8. The molecule has 1 N–H and O–H groups in total. The van der Waals surface area contributed by atoms with E-state index in [1.54, 1.807) is 18.7 Å². The van der Waals surface area contributed by atoms with Crippen LogP contribution in [0.15, 0.2) is 0 Å². The molecule has 0 aromatic rings. The number of urea groups is 1. The summed E-state index contributed by atoms with van der Waals surface area (Å²) in [5.74, 6) is 0. The topological polar surface area (TPSA) is 66.5 Å². The number of piperidine rings is 1. The van der Waals surface area contributed by atoms with Gasteiger partial charge in [0.1, 0.15) is 0 Å². The molecule has 0 bridgehead atoms. The molecule has 1 aliphatic heterocycles. The van der Waals surface area contributed by atoms with E-state index >= 15 is 0 Å². The molecule has 1 heterocycles. The van der Waals surface area contributed by atoms with E-state index in [9.17, 15) is 13.2 Å². The number of likely N-dealkylation sites (tertiary alicyclic amines) is 1. The van der Waals surface area contributed by atoms with Crippen molar-refractivity contribution in [3.05, 3.63) is 0 Å². The predicted molar refractivity (Wildman–Crippen MR) is 67.7 cm³/mol. The van der Waals surface area contributed by atoms with E-state index in [2.05, 4.69) is 5.32 Å². The summed E-state index contributed by atoms with van der Waals surface area (Å²) in [6, 6.07) is -0.151. The minimum Gasteiger partial charge on any atom is -0.336 e. The van der Waals surface area contributed by atoms with Gasteiger partial charge in [0.05, 0.1) is 4.75 Å². The number of carbonyl (C=O) groups excluding carboxylic acids is 1. The molecule has 0 spiro atoms. The Morgan fingerprint density at radius 1 is 1.24 bits per heavy atom. The molecule has 2 amide bonds. The number of rotatable bonds is 3. The highest BCUT2D eigenvalue weighted by atomic mass is 32.2. The fraction of sp³-hybridized carbons (Fsp3) is 0.909. The highest BCUT2D eigenvalue weighted by Crippen LogP contribution is 2.14. The van der Waals surface area contributed by atoms with Gasteiger partial charge in [-0.05, 0) is 33.1 Å². The highest BCUT2D eigenvalue weighted by molar-refractivity contribution is 7.92. The van der Waals surface area contributed by atoms with Crippen molar-refractivity contribution in [2.24, 2.45) is 0 Å². The molecule has 1 rings (SSSR count). The lowest BCUT2D eigenvalue weighted by molar-refractivity contribution is 0.185. The van der Waals surface area contributed by atoms with Gasteiger partial charge in [-0.25, -0.2) is 13.2 Å². The van der Waals surface area contributed by atoms with Crippen LogP contribution in [-0.4, -0.2) is 50.0 Å². The third-order valence-electron chi connectivity index (χ3n) is 3.31. The molecule has 0 aliphatic carbocycles. The van der Waals surface area contributed by atoms with Crippen molar-refractivity contribution < 1.29 is 13.2 Å². The molecule has 0 atom stereocenters. The van der Waals surface area contributed by atoms with Gasteiger partial charge in [0, 0.05) is 25.9 Å². The van der Waals surface area contributed by atoms with Crippen LogP contribution in [0.2, 0.25) is 0 Å². The number of nitrogens with one attached hydrogen (secondary N) is 1. The number of hydrogen-bond acceptors (Lipinski definition) is 3. The quantitative estimate of drug-likeness (QED) is 0.825. The summed E-state index contributed by atoms with van der Waals surface area (Å²) in [6.07, 6.45) is 4.42. The zero-order valence-electron chi connectivity index (χ0n) is 10.8. The van der Waals surface area contributed by atoms with Crippen LogP contribution in [0.5, 0.6) is 0 Å². The Balaban J connectivity index is 2.47. The first-order valence-corrected chi connectivity index (χ1v) is 7.85. The van der Waals surface area contributed by atoms with Crippen molar-refractivity contribution in [2.45, 2.75) is 37.9 Å². The first kappa shape index (κ1) is 14.3. The number of sulfone groups is 1. The Bertz CT molecular complexity index is 370.